The van der Waals surface area contributed by atoms with E-state index in [0.29, 0.717) is 50.1 Å². The van der Waals surface area contributed by atoms with Crippen molar-refractivity contribution >= 4 is 23.6 Å². The van der Waals surface area contributed by atoms with Crippen LogP contribution in [0.15, 0.2) is 18.2 Å². The van der Waals surface area contributed by atoms with Gasteiger partial charge < -0.3 is 30.3 Å². The van der Waals surface area contributed by atoms with E-state index in [1.54, 1.807) is 21.1 Å². The summed E-state index contributed by atoms with van der Waals surface area (Å²) >= 11 is 0. The predicted molar refractivity (Wildman–Crippen MR) is 144 cm³/mol. The van der Waals surface area contributed by atoms with Crippen LogP contribution >= 0.6 is 0 Å². The third kappa shape index (κ3) is 7.47. The van der Waals surface area contributed by atoms with E-state index in [-0.39, 0.29) is 11.8 Å². The standard InChI is InChI=1S/C27H40N6O4/c1-7-8-12-27(4,17-29-18(2)34)32-25-22-16-33(19(3)35)13-11-23(22)30-26(31-25)28-15-20-9-10-21(36-5)14-24(20)37-6/h9-10,14H,7-8,11-13,15-17H2,1-6H3,(H,29,34)(H2,28,30,31,32). The molecule has 10 nitrogen and oxygen atoms in total. The number of hydrogen-bond acceptors (Lipinski definition) is 8. The third-order valence-corrected chi connectivity index (χ3v) is 6.67. The van der Waals surface area contributed by atoms with Gasteiger partial charge in [-0.1, -0.05) is 19.8 Å². The number of hydrogen-bond donors (Lipinski definition) is 3. The van der Waals surface area contributed by atoms with E-state index in [9.17, 15) is 9.59 Å². The van der Waals surface area contributed by atoms with Gasteiger partial charge in [0.15, 0.2) is 0 Å². The normalized spacial score (nSPS) is 14.3. The summed E-state index contributed by atoms with van der Waals surface area (Å²) in [6.07, 6.45) is 3.53. The van der Waals surface area contributed by atoms with Crippen LogP contribution in [0.1, 0.15) is 63.8 Å². The molecular formula is C27H40N6O4. The van der Waals surface area contributed by atoms with Crippen molar-refractivity contribution in [2.24, 2.45) is 0 Å². The molecule has 202 valence electrons. The van der Waals surface area contributed by atoms with Crippen LogP contribution in [0, 0.1) is 0 Å². The van der Waals surface area contributed by atoms with E-state index < -0.39 is 5.54 Å². The Morgan fingerprint density at radius 3 is 2.59 bits per heavy atom. The van der Waals surface area contributed by atoms with Crippen LogP contribution in [0.2, 0.25) is 0 Å². The molecule has 37 heavy (non-hydrogen) atoms. The molecule has 1 atom stereocenters. The van der Waals surface area contributed by atoms with E-state index >= 15 is 0 Å². The van der Waals surface area contributed by atoms with Gasteiger partial charge in [0.2, 0.25) is 17.8 Å². The molecule has 1 aliphatic rings. The van der Waals surface area contributed by atoms with Gasteiger partial charge in [-0.25, -0.2) is 4.98 Å². The minimum absolute atomic E-state index is 0.0254. The summed E-state index contributed by atoms with van der Waals surface area (Å²) in [5.74, 6) is 2.56. The van der Waals surface area contributed by atoms with E-state index in [1.807, 2.05) is 23.1 Å². The number of amides is 2. The van der Waals surface area contributed by atoms with Crippen LogP contribution in [0.5, 0.6) is 11.5 Å². The van der Waals surface area contributed by atoms with Crippen LogP contribution in [0.4, 0.5) is 11.8 Å². The number of nitrogens with one attached hydrogen (secondary N) is 3. The zero-order valence-electron chi connectivity index (χ0n) is 22.9. The van der Waals surface area contributed by atoms with Gasteiger partial charge in [0.25, 0.3) is 0 Å². The number of fused-ring (bicyclic) bond motifs is 1. The second-order valence-electron chi connectivity index (χ2n) is 9.74. The van der Waals surface area contributed by atoms with E-state index in [1.165, 1.54) is 6.92 Å². The lowest BCUT2D eigenvalue weighted by atomic mass is 9.93. The van der Waals surface area contributed by atoms with Gasteiger partial charge in [-0.2, -0.15) is 4.98 Å². The maximum Gasteiger partial charge on any atom is 0.225 e. The number of ether oxygens (including phenoxy) is 2. The molecule has 0 bridgehead atoms. The van der Waals surface area contributed by atoms with Crippen molar-refractivity contribution in [3.63, 3.8) is 0 Å². The minimum atomic E-state index is -0.418. The largest absolute Gasteiger partial charge is 0.497 e. The SMILES string of the molecule is CCCCC(C)(CNC(C)=O)Nc1nc(NCc2ccc(OC)cc2OC)nc2c1CN(C(C)=O)CC2. The van der Waals surface area contributed by atoms with Crippen LogP contribution in [0.25, 0.3) is 0 Å². The van der Waals surface area contributed by atoms with Crippen molar-refractivity contribution < 1.29 is 19.1 Å². The van der Waals surface area contributed by atoms with Gasteiger partial charge in [-0.05, 0) is 25.5 Å². The highest BCUT2D eigenvalue weighted by molar-refractivity contribution is 5.74. The smallest absolute Gasteiger partial charge is 0.225 e. The first-order valence-corrected chi connectivity index (χ1v) is 12.8. The summed E-state index contributed by atoms with van der Waals surface area (Å²) in [5, 5.41) is 9.92. The fourth-order valence-electron chi connectivity index (χ4n) is 4.40. The van der Waals surface area contributed by atoms with Crippen LogP contribution in [0.3, 0.4) is 0 Å². The van der Waals surface area contributed by atoms with Crippen LogP contribution in [-0.2, 0) is 29.1 Å². The quantitative estimate of drug-likeness (QED) is 0.396. The molecule has 2 amide bonds. The fourth-order valence-corrected chi connectivity index (χ4v) is 4.40. The van der Waals surface area contributed by atoms with Crippen molar-refractivity contribution in [1.29, 1.82) is 0 Å². The number of unbranched alkanes of at least 4 members (excludes halogenated alkanes) is 1. The zero-order chi connectivity index (χ0) is 27.0. The Morgan fingerprint density at radius 1 is 1.16 bits per heavy atom. The Morgan fingerprint density at radius 2 is 1.95 bits per heavy atom. The summed E-state index contributed by atoms with van der Waals surface area (Å²) < 4.78 is 10.8. The van der Waals surface area contributed by atoms with Crippen LogP contribution in [-0.4, -0.2) is 59.5 Å². The second-order valence-corrected chi connectivity index (χ2v) is 9.74. The topological polar surface area (TPSA) is 118 Å². The summed E-state index contributed by atoms with van der Waals surface area (Å²) in [4.78, 5) is 35.3. The van der Waals surface area contributed by atoms with Gasteiger partial charge in [-0.3, -0.25) is 9.59 Å². The van der Waals surface area contributed by atoms with E-state index in [4.69, 9.17) is 19.4 Å². The first-order valence-electron chi connectivity index (χ1n) is 12.8. The molecule has 0 saturated carbocycles. The predicted octanol–water partition coefficient (Wildman–Crippen LogP) is 3.51. The van der Waals surface area contributed by atoms with Crippen molar-refractivity contribution in [2.75, 3.05) is 37.9 Å². The molecule has 2 heterocycles. The van der Waals surface area contributed by atoms with Gasteiger partial charge in [0.05, 0.1) is 32.0 Å². The molecule has 1 unspecified atom stereocenters. The molecule has 0 spiro atoms. The maximum atomic E-state index is 12.1. The Balaban J connectivity index is 1.93. The summed E-state index contributed by atoms with van der Waals surface area (Å²) in [6.45, 7) is 9.33. The molecule has 0 fully saturated rings. The van der Waals surface area contributed by atoms with E-state index in [2.05, 4.69) is 29.8 Å². The van der Waals surface area contributed by atoms with Crippen molar-refractivity contribution in [3.05, 3.63) is 35.0 Å². The number of rotatable bonds is 12. The molecule has 1 aromatic carbocycles. The van der Waals surface area contributed by atoms with Gasteiger partial charge >= 0.3 is 0 Å². The molecule has 3 rings (SSSR count). The molecule has 0 saturated heterocycles. The number of aromatic nitrogens is 2. The average Bonchev–Trinajstić information content (AvgIpc) is 2.89. The zero-order valence-corrected chi connectivity index (χ0v) is 22.9. The fraction of sp³-hybridized carbons (Fsp3) is 0.556. The summed E-state index contributed by atoms with van der Waals surface area (Å²) in [6, 6.07) is 5.68. The van der Waals surface area contributed by atoms with Crippen LogP contribution < -0.4 is 25.4 Å². The number of anilines is 2. The molecule has 3 N–H and O–H groups in total. The highest BCUT2D eigenvalue weighted by Gasteiger charge is 2.29. The molecule has 2 aromatic rings. The Kier molecular flexibility index (Phi) is 9.54. The lowest BCUT2D eigenvalue weighted by molar-refractivity contribution is -0.129. The first-order chi connectivity index (χ1) is 17.7. The third-order valence-electron chi connectivity index (χ3n) is 6.67. The Labute approximate surface area is 219 Å². The minimum Gasteiger partial charge on any atom is -0.497 e. The van der Waals surface area contributed by atoms with E-state index in [0.717, 1.165) is 41.8 Å². The summed E-state index contributed by atoms with van der Waals surface area (Å²) in [7, 11) is 3.25. The van der Waals surface area contributed by atoms with Crippen molar-refractivity contribution in [2.45, 2.75) is 72.0 Å². The second kappa shape index (κ2) is 12.6. The molecule has 0 radical (unpaired) electrons. The number of methoxy groups -OCH3 is 2. The lowest BCUT2D eigenvalue weighted by Gasteiger charge is -2.35. The number of nitrogens with zero attached hydrogens (tertiary/aromatic N) is 3. The molecule has 0 aliphatic carbocycles. The Hall–Kier alpha value is -3.56. The monoisotopic (exact) mass is 512 g/mol. The highest BCUT2D eigenvalue weighted by atomic mass is 16.5. The highest BCUT2D eigenvalue weighted by Crippen LogP contribution is 2.30. The van der Waals surface area contributed by atoms with Gasteiger partial charge in [-0.15, -0.1) is 0 Å². The summed E-state index contributed by atoms with van der Waals surface area (Å²) in [5.41, 5.74) is 2.36. The molecule has 1 aliphatic heterocycles. The molecule has 10 heteroatoms. The number of benzene rings is 1. The average molecular weight is 513 g/mol. The lowest BCUT2D eigenvalue weighted by Crippen LogP contribution is -2.47. The number of carbonyl (C=O) groups excluding carboxylic acids is 2. The molecule has 1 aromatic heterocycles. The van der Waals surface area contributed by atoms with Gasteiger partial charge in [0, 0.05) is 57.1 Å². The van der Waals surface area contributed by atoms with Crippen molar-refractivity contribution in [3.8, 4) is 11.5 Å². The number of carbonyl (C=O) groups is 2. The van der Waals surface area contributed by atoms with Gasteiger partial charge in [0.1, 0.15) is 17.3 Å². The molecular weight excluding hydrogens is 472 g/mol. The first kappa shape index (κ1) is 28.0. The van der Waals surface area contributed by atoms with Crippen molar-refractivity contribution in [1.82, 2.24) is 20.2 Å². The Bertz CT molecular complexity index is 1110. The maximum absolute atomic E-state index is 12.1.